The van der Waals surface area contributed by atoms with E-state index >= 15 is 4.39 Å². The van der Waals surface area contributed by atoms with Gasteiger partial charge in [0.05, 0.1) is 30.7 Å². The first-order chi connectivity index (χ1) is 18.9. The molecule has 1 aliphatic rings. The van der Waals surface area contributed by atoms with Gasteiger partial charge in [0.15, 0.2) is 0 Å². The minimum Gasteiger partial charge on any atom is -0.496 e. The summed E-state index contributed by atoms with van der Waals surface area (Å²) in [7, 11) is 1.52. The van der Waals surface area contributed by atoms with Crippen molar-refractivity contribution in [3.63, 3.8) is 0 Å². The minimum absolute atomic E-state index is 0.195. The van der Waals surface area contributed by atoms with Gasteiger partial charge in [-0.2, -0.15) is 0 Å². The van der Waals surface area contributed by atoms with Gasteiger partial charge in [0.1, 0.15) is 22.8 Å². The number of rotatable bonds is 5. The van der Waals surface area contributed by atoms with Gasteiger partial charge in [0.2, 0.25) is 0 Å². The lowest BCUT2D eigenvalue weighted by Crippen LogP contribution is -2.48. The summed E-state index contributed by atoms with van der Waals surface area (Å²) in [6.07, 6.45) is 8.04. The molecule has 2 N–H and O–H groups in total. The number of nitrogens with two attached hydrogens (primary N) is 1. The van der Waals surface area contributed by atoms with Crippen LogP contribution < -0.4 is 15.2 Å². The average molecular weight is 528 g/mol. The molecule has 5 aromatic rings. The zero-order chi connectivity index (χ0) is 27.1. The van der Waals surface area contributed by atoms with Crippen LogP contribution in [0.25, 0.3) is 33.1 Å². The molecule has 6 rings (SSSR count). The van der Waals surface area contributed by atoms with E-state index in [4.69, 9.17) is 15.2 Å². The Morgan fingerprint density at radius 2 is 1.79 bits per heavy atom. The molecule has 0 aliphatic carbocycles. The number of imidazole rings is 1. The summed E-state index contributed by atoms with van der Waals surface area (Å²) in [4.78, 5) is 30.5. The highest BCUT2D eigenvalue weighted by Gasteiger charge is 2.34. The SMILES string of the molecule is COc1cc(Oc2ncccn2)ccc1-c1cc2c(cc1F)ncc1ncn(C3(C)CCN(C(N)=O)CC3)c12. The molecule has 11 heteroatoms. The van der Waals surface area contributed by atoms with Crippen molar-refractivity contribution in [2.24, 2.45) is 5.73 Å². The third-order valence-corrected chi connectivity index (χ3v) is 7.41. The maximum absolute atomic E-state index is 15.5. The van der Waals surface area contributed by atoms with Crippen molar-refractivity contribution in [3.8, 4) is 28.6 Å². The number of piperidine rings is 1. The van der Waals surface area contributed by atoms with E-state index in [1.165, 1.54) is 13.2 Å². The number of fused-ring (bicyclic) bond motifs is 3. The highest BCUT2D eigenvalue weighted by molar-refractivity contribution is 6.04. The van der Waals surface area contributed by atoms with E-state index in [2.05, 4.69) is 31.4 Å². The number of ether oxygens (including phenoxy) is 2. The Morgan fingerprint density at radius 3 is 2.51 bits per heavy atom. The molecule has 0 unspecified atom stereocenters. The normalized spacial score (nSPS) is 15.0. The van der Waals surface area contributed by atoms with Gasteiger partial charge >= 0.3 is 12.0 Å². The van der Waals surface area contributed by atoms with Crippen LogP contribution in [0.3, 0.4) is 0 Å². The molecule has 4 heterocycles. The second kappa shape index (κ2) is 9.50. The maximum atomic E-state index is 15.5. The van der Waals surface area contributed by atoms with Crippen LogP contribution in [0.4, 0.5) is 9.18 Å². The van der Waals surface area contributed by atoms with E-state index in [-0.39, 0.29) is 11.5 Å². The second-order valence-electron chi connectivity index (χ2n) is 9.77. The van der Waals surface area contributed by atoms with E-state index in [9.17, 15) is 4.79 Å². The number of hydrogen-bond donors (Lipinski definition) is 1. The zero-order valence-corrected chi connectivity index (χ0v) is 21.5. The fourth-order valence-electron chi connectivity index (χ4n) is 5.18. The molecule has 0 radical (unpaired) electrons. The number of carbonyl (C=O) groups is 1. The lowest BCUT2D eigenvalue weighted by Gasteiger charge is -2.40. The first-order valence-electron chi connectivity index (χ1n) is 12.5. The average Bonchev–Trinajstić information content (AvgIpc) is 3.39. The number of primary amides is 1. The number of amides is 2. The number of urea groups is 1. The molecule has 0 atom stereocenters. The topological polar surface area (TPSA) is 121 Å². The van der Waals surface area contributed by atoms with E-state index < -0.39 is 11.8 Å². The summed E-state index contributed by atoms with van der Waals surface area (Å²) < 4.78 is 29.0. The van der Waals surface area contributed by atoms with Crippen LogP contribution in [0.5, 0.6) is 17.5 Å². The van der Waals surface area contributed by atoms with Crippen LogP contribution in [0.1, 0.15) is 19.8 Å². The predicted octanol–water partition coefficient (Wildman–Crippen LogP) is 4.87. The van der Waals surface area contributed by atoms with Crippen molar-refractivity contribution in [1.82, 2.24) is 29.4 Å². The Hall–Kier alpha value is -4.80. The second-order valence-corrected chi connectivity index (χ2v) is 9.77. The number of carbonyl (C=O) groups excluding carboxylic acids is 1. The molecule has 2 aromatic carbocycles. The van der Waals surface area contributed by atoms with Crippen molar-refractivity contribution >= 4 is 28.0 Å². The van der Waals surface area contributed by atoms with Gasteiger partial charge in [-0.25, -0.2) is 24.1 Å². The molecule has 3 aromatic heterocycles. The summed E-state index contributed by atoms with van der Waals surface area (Å²) in [6, 6.07) is 9.83. The quantitative estimate of drug-likeness (QED) is 0.346. The van der Waals surface area contributed by atoms with Crippen molar-refractivity contribution in [2.75, 3.05) is 20.2 Å². The van der Waals surface area contributed by atoms with Crippen molar-refractivity contribution in [2.45, 2.75) is 25.3 Å². The van der Waals surface area contributed by atoms with Gasteiger partial charge in [0, 0.05) is 59.7 Å². The molecular formula is C28H26FN7O3. The number of hydrogen-bond acceptors (Lipinski definition) is 7. The first kappa shape index (κ1) is 24.5. The molecule has 10 nitrogen and oxygen atoms in total. The predicted molar refractivity (Wildman–Crippen MR) is 143 cm³/mol. The van der Waals surface area contributed by atoms with Crippen molar-refractivity contribution in [3.05, 3.63) is 67.1 Å². The monoisotopic (exact) mass is 527 g/mol. The van der Waals surface area contributed by atoms with Crippen LogP contribution in [-0.2, 0) is 5.54 Å². The van der Waals surface area contributed by atoms with Crippen LogP contribution in [0.2, 0.25) is 0 Å². The van der Waals surface area contributed by atoms with E-state index in [1.54, 1.807) is 60.1 Å². The minimum atomic E-state index is -0.431. The Kier molecular flexibility index (Phi) is 5.97. The molecule has 2 amide bonds. The smallest absolute Gasteiger partial charge is 0.321 e. The molecule has 1 saturated heterocycles. The molecule has 0 bridgehead atoms. The van der Waals surface area contributed by atoms with Crippen LogP contribution in [0, 0.1) is 5.82 Å². The van der Waals surface area contributed by atoms with Gasteiger partial charge in [-0.3, -0.25) is 4.98 Å². The Balaban J connectivity index is 1.44. The number of aromatic nitrogens is 5. The lowest BCUT2D eigenvalue weighted by molar-refractivity contribution is 0.141. The summed E-state index contributed by atoms with van der Waals surface area (Å²) in [5.74, 6) is 0.459. The number of methoxy groups -OCH3 is 1. The fourth-order valence-corrected chi connectivity index (χ4v) is 5.18. The summed E-state index contributed by atoms with van der Waals surface area (Å²) in [5, 5.41) is 0.764. The van der Waals surface area contributed by atoms with Gasteiger partial charge in [-0.15, -0.1) is 0 Å². The summed E-state index contributed by atoms with van der Waals surface area (Å²) in [5.41, 5.74) is 8.19. The van der Waals surface area contributed by atoms with Crippen molar-refractivity contribution in [1.29, 1.82) is 0 Å². The van der Waals surface area contributed by atoms with Crippen LogP contribution in [-0.4, -0.2) is 55.6 Å². The van der Waals surface area contributed by atoms with Crippen LogP contribution >= 0.6 is 0 Å². The van der Waals surface area contributed by atoms with Gasteiger partial charge in [-0.1, -0.05) is 0 Å². The molecule has 0 saturated carbocycles. The molecule has 198 valence electrons. The number of pyridine rings is 1. The van der Waals surface area contributed by atoms with Gasteiger partial charge < -0.3 is 24.7 Å². The van der Waals surface area contributed by atoms with Crippen molar-refractivity contribution < 1.29 is 18.7 Å². The van der Waals surface area contributed by atoms with E-state index in [0.29, 0.717) is 59.6 Å². The Labute approximate surface area is 223 Å². The fraction of sp³-hybridized carbons (Fsp3) is 0.250. The summed E-state index contributed by atoms with van der Waals surface area (Å²) >= 11 is 0. The molecular weight excluding hydrogens is 501 g/mol. The number of likely N-dealkylation sites (tertiary alicyclic amines) is 1. The van der Waals surface area contributed by atoms with Crippen LogP contribution in [0.15, 0.2) is 61.3 Å². The largest absolute Gasteiger partial charge is 0.496 e. The highest BCUT2D eigenvalue weighted by atomic mass is 19.1. The number of benzene rings is 2. The zero-order valence-electron chi connectivity index (χ0n) is 21.5. The first-order valence-corrected chi connectivity index (χ1v) is 12.5. The summed E-state index contributed by atoms with van der Waals surface area (Å²) in [6.45, 7) is 3.24. The standard InChI is InChI=1S/C28H26FN7O3/c1-28(6-10-35(11-7-28)26(30)37)36-16-34-23-15-33-22-14-21(29)19(13-20(22)25(23)36)18-5-4-17(12-24(18)38-2)39-27-31-8-3-9-32-27/h3-5,8-9,12-16H,6-7,10-11H2,1-2H3,(H2,30,37). The molecule has 0 spiro atoms. The lowest BCUT2D eigenvalue weighted by atomic mass is 9.89. The Morgan fingerprint density at radius 1 is 1.03 bits per heavy atom. The van der Waals surface area contributed by atoms with E-state index in [1.807, 2.05) is 0 Å². The molecule has 1 fully saturated rings. The van der Waals surface area contributed by atoms with Gasteiger partial charge in [0.25, 0.3) is 0 Å². The molecule has 39 heavy (non-hydrogen) atoms. The third-order valence-electron chi connectivity index (χ3n) is 7.41. The highest BCUT2D eigenvalue weighted by Crippen LogP contribution is 2.40. The maximum Gasteiger partial charge on any atom is 0.321 e. The Bertz CT molecular complexity index is 1700. The number of nitrogens with zero attached hydrogens (tertiary/aromatic N) is 6. The van der Waals surface area contributed by atoms with Gasteiger partial charge in [-0.05, 0) is 44.0 Å². The molecule has 1 aliphatic heterocycles. The van der Waals surface area contributed by atoms with E-state index in [0.717, 1.165) is 10.9 Å². The number of halogens is 1. The third kappa shape index (κ3) is 4.35.